The second kappa shape index (κ2) is 9.84. The predicted molar refractivity (Wildman–Crippen MR) is 122 cm³/mol. The van der Waals surface area contributed by atoms with E-state index >= 15 is 0 Å². The van der Waals surface area contributed by atoms with Crippen LogP contribution < -0.4 is 14.8 Å². The number of likely N-dealkylation sites (N-methyl/N-ethyl adjacent to an activating group) is 1. The summed E-state index contributed by atoms with van der Waals surface area (Å²) in [5, 5.41) is 2.78. The van der Waals surface area contributed by atoms with E-state index in [0.29, 0.717) is 12.8 Å². The molecule has 0 aliphatic heterocycles. The maximum atomic E-state index is 13.4. The molecule has 2 amide bonds. The number of carbonyl (C=O) groups is 2. The lowest BCUT2D eigenvalue weighted by molar-refractivity contribution is -0.138. The van der Waals surface area contributed by atoms with Crippen LogP contribution in [0.25, 0.3) is 0 Å². The molecule has 0 unspecified atom stereocenters. The maximum Gasteiger partial charge on any atom is 0.420 e. The van der Waals surface area contributed by atoms with Gasteiger partial charge in [0.05, 0.1) is 12.7 Å². The van der Waals surface area contributed by atoms with Gasteiger partial charge in [-0.25, -0.2) is 9.97 Å². The lowest BCUT2D eigenvalue weighted by Gasteiger charge is -2.24. The topological polar surface area (TPSA) is 93.7 Å². The van der Waals surface area contributed by atoms with Gasteiger partial charge in [-0.2, -0.15) is 13.2 Å². The Hall–Kier alpha value is -4.15. The summed E-state index contributed by atoms with van der Waals surface area (Å²) in [5.74, 6) is -0.730. The number of carbonyl (C=O) groups excluding carboxylic acids is 2. The molecule has 0 bridgehead atoms. The number of amides is 2. The molecule has 188 valence electrons. The van der Waals surface area contributed by atoms with Crippen LogP contribution in [0.4, 0.5) is 13.2 Å². The minimum atomic E-state index is -4.62. The Labute approximate surface area is 205 Å². The lowest BCUT2D eigenvalue weighted by atomic mass is 10.1. The third-order valence-electron chi connectivity index (χ3n) is 5.74. The number of ether oxygens (including phenoxy) is 2. The molecule has 1 N–H and O–H groups in total. The summed E-state index contributed by atoms with van der Waals surface area (Å²) in [6.45, 7) is 0.238. The van der Waals surface area contributed by atoms with Crippen LogP contribution in [-0.2, 0) is 17.5 Å². The van der Waals surface area contributed by atoms with Crippen LogP contribution in [0.5, 0.6) is 17.2 Å². The molecule has 1 aliphatic carbocycles. The Morgan fingerprint density at radius 2 is 1.69 bits per heavy atom. The van der Waals surface area contributed by atoms with Gasteiger partial charge in [0.15, 0.2) is 0 Å². The molecule has 0 spiro atoms. The summed E-state index contributed by atoms with van der Waals surface area (Å²) in [5.41, 5.74) is -0.911. The van der Waals surface area contributed by atoms with Gasteiger partial charge in [-0.05, 0) is 48.7 Å². The number of nitrogens with one attached hydrogen (secondary N) is 1. The number of methoxy groups -OCH3 is 1. The van der Waals surface area contributed by atoms with Gasteiger partial charge in [-0.15, -0.1) is 0 Å². The van der Waals surface area contributed by atoms with E-state index in [4.69, 9.17) is 9.47 Å². The Morgan fingerprint density at radius 3 is 2.28 bits per heavy atom. The first-order chi connectivity index (χ1) is 17.1. The fourth-order valence-corrected chi connectivity index (χ4v) is 3.67. The van der Waals surface area contributed by atoms with Gasteiger partial charge in [0.2, 0.25) is 5.91 Å². The molecule has 1 aliphatic rings. The van der Waals surface area contributed by atoms with Crippen molar-refractivity contribution in [3.8, 4) is 17.2 Å². The number of benzene rings is 2. The van der Waals surface area contributed by atoms with Crippen LogP contribution in [0, 0.1) is 0 Å². The highest BCUT2D eigenvalue weighted by molar-refractivity contribution is 6.00. The molecule has 0 atom stereocenters. The van der Waals surface area contributed by atoms with Gasteiger partial charge in [-0.3, -0.25) is 9.59 Å². The van der Waals surface area contributed by atoms with Crippen LogP contribution in [0.2, 0.25) is 0 Å². The molecule has 0 radical (unpaired) electrons. The quantitative estimate of drug-likeness (QED) is 0.498. The van der Waals surface area contributed by atoms with Crippen molar-refractivity contribution in [1.82, 2.24) is 20.2 Å². The average molecular weight is 500 g/mol. The molecule has 11 heteroatoms. The number of hydrogen-bond donors (Lipinski definition) is 1. The lowest BCUT2D eigenvalue weighted by Crippen LogP contribution is -2.49. The van der Waals surface area contributed by atoms with Gasteiger partial charge in [-0.1, -0.05) is 12.1 Å². The summed E-state index contributed by atoms with van der Waals surface area (Å²) < 4.78 is 50.6. The van der Waals surface area contributed by atoms with Crippen molar-refractivity contribution < 1.29 is 32.2 Å². The summed E-state index contributed by atoms with van der Waals surface area (Å²) >= 11 is 0. The Morgan fingerprint density at radius 1 is 1.06 bits per heavy atom. The molecule has 2 aromatic carbocycles. The van der Waals surface area contributed by atoms with Crippen LogP contribution >= 0.6 is 0 Å². The zero-order valence-corrected chi connectivity index (χ0v) is 19.5. The van der Waals surface area contributed by atoms with Crippen LogP contribution in [0.3, 0.4) is 0 Å². The van der Waals surface area contributed by atoms with E-state index in [0.717, 1.165) is 11.6 Å². The standard InChI is InChI=1S/C25H23F3N4O4/c1-32(23(34)24(9-10-24)31-22(33)17-12-29-15-30-13-17)14-16-3-5-18(6-4-16)36-21-8-7-19(35-2)11-20(21)25(26,27)28/h3-8,11-13,15H,9-10,14H2,1-2H3,(H,31,33). The molecular weight excluding hydrogens is 477 g/mol. The van der Waals surface area contributed by atoms with Crippen LogP contribution in [0.15, 0.2) is 61.2 Å². The highest BCUT2D eigenvalue weighted by atomic mass is 19.4. The largest absolute Gasteiger partial charge is 0.497 e. The minimum Gasteiger partial charge on any atom is -0.497 e. The van der Waals surface area contributed by atoms with Crippen molar-refractivity contribution in [2.45, 2.75) is 31.1 Å². The number of rotatable bonds is 8. The van der Waals surface area contributed by atoms with E-state index < -0.39 is 23.2 Å². The second-order valence-electron chi connectivity index (χ2n) is 8.43. The van der Waals surface area contributed by atoms with Crippen molar-refractivity contribution in [3.63, 3.8) is 0 Å². The minimum absolute atomic E-state index is 0.0689. The fourth-order valence-electron chi connectivity index (χ4n) is 3.67. The Balaban J connectivity index is 1.40. The van der Waals surface area contributed by atoms with Gasteiger partial charge < -0.3 is 19.7 Å². The van der Waals surface area contributed by atoms with E-state index in [9.17, 15) is 22.8 Å². The normalized spacial score (nSPS) is 14.0. The first-order valence-corrected chi connectivity index (χ1v) is 11.0. The van der Waals surface area contributed by atoms with E-state index in [1.54, 1.807) is 19.2 Å². The molecule has 0 saturated heterocycles. The molecule has 1 heterocycles. The number of alkyl halides is 3. The second-order valence-corrected chi connectivity index (χ2v) is 8.43. The Bertz CT molecular complexity index is 1250. The van der Waals surface area contributed by atoms with E-state index in [2.05, 4.69) is 15.3 Å². The zero-order chi connectivity index (χ0) is 25.9. The van der Waals surface area contributed by atoms with Gasteiger partial charge >= 0.3 is 6.18 Å². The average Bonchev–Trinajstić information content (AvgIpc) is 3.65. The highest BCUT2D eigenvalue weighted by Crippen LogP contribution is 2.40. The van der Waals surface area contributed by atoms with Crippen LogP contribution in [0.1, 0.15) is 34.3 Å². The van der Waals surface area contributed by atoms with E-state index in [-0.39, 0.29) is 35.3 Å². The van der Waals surface area contributed by atoms with Crippen molar-refractivity contribution in [2.75, 3.05) is 14.2 Å². The molecule has 1 saturated carbocycles. The summed E-state index contributed by atoms with van der Waals surface area (Å²) in [7, 11) is 2.91. The third kappa shape index (κ3) is 5.56. The fraction of sp³-hybridized carbons (Fsp3) is 0.280. The predicted octanol–water partition coefficient (Wildman–Crippen LogP) is 4.22. The van der Waals surface area contributed by atoms with E-state index in [1.165, 1.54) is 55.0 Å². The molecule has 36 heavy (non-hydrogen) atoms. The summed E-state index contributed by atoms with van der Waals surface area (Å²) in [6.07, 6.45) is 0.483. The van der Waals surface area contributed by atoms with Gasteiger partial charge in [0, 0.05) is 26.0 Å². The van der Waals surface area contributed by atoms with Gasteiger partial charge in [0.1, 0.15) is 34.7 Å². The van der Waals surface area contributed by atoms with Crippen molar-refractivity contribution in [3.05, 3.63) is 77.9 Å². The first-order valence-electron chi connectivity index (χ1n) is 11.0. The third-order valence-corrected chi connectivity index (χ3v) is 5.74. The molecule has 1 fully saturated rings. The SMILES string of the molecule is COc1ccc(Oc2ccc(CN(C)C(=O)C3(NC(=O)c4cncnc4)CC3)cc2)c(C(F)(F)F)c1. The summed E-state index contributed by atoms with van der Waals surface area (Å²) in [6, 6.07) is 9.85. The smallest absolute Gasteiger partial charge is 0.420 e. The van der Waals surface area contributed by atoms with Gasteiger partial charge in [0.25, 0.3) is 5.91 Å². The molecule has 3 aromatic rings. The molecule has 8 nitrogen and oxygen atoms in total. The number of halogens is 3. The van der Waals surface area contributed by atoms with Crippen molar-refractivity contribution in [1.29, 1.82) is 0 Å². The highest BCUT2D eigenvalue weighted by Gasteiger charge is 2.52. The van der Waals surface area contributed by atoms with E-state index in [1.807, 2.05) is 0 Å². The molecule has 1 aromatic heterocycles. The number of hydrogen-bond acceptors (Lipinski definition) is 6. The monoisotopic (exact) mass is 500 g/mol. The summed E-state index contributed by atoms with van der Waals surface area (Å²) in [4.78, 5) is 34.6. The maximum absolute atomic E-state index is 13.4. The van der Waals surface area contributed by atoms with Crippen LogP contribution in [-0.4, -0.2) is 46.4 Å². The van der Waals surface area contributed by atoms with Crippen molar-refractivity contribution in [2.24, 2.45) is 0 Å². The Kier molecular flexibility index (Phi) is 6.82. The number of aromatic nitrogens is 2. The molecule has 4 rings (SSSR count). The molecular formula is C25H23F3N4O4. The van der Waals surface area contributed by atoms with Crippen molar-refractivity contribution >= 4 is 11.8 Å². The first kappa shape index (κ1) is 25.0. The zero-order valence-electron chi connectivity index (χ0n) is 19.5. The number of nitrogens with zero attached hydrogens (tertiary/aromatic N) is 3.